The van der Waals surface area contributed by atoms with Crippen LogP contribution in [0, 0.1) is 11.6 Å². The molecule has 4 heteroatoms. The van der Waals surface area contributed by atoms with Gasteiger partial charge >= 0.3 is 0 Å². The third-order valence-electron chi connectivity index (χ3n) is 2.80. The van der Waals surface area contributed by atoms with Crippen molar-refractivity contribution in [1.29, 1.82) is 0 Å². The third-order valence-corrected chi connectivity index (χ3v) is 3.78. The van der Waals surface area contributed by atoms with Crippen molar-refractivity contribution in [2.45, 2.75) is 6.42 Å². The highest BCUT2D eigenvalue weighted by atomic mass is 32.1. The van der Waals surface area contributed by atoms with Crippen LogP contribution >= 0.6 is 11.3 Å². The number of nitrogens with zero attached hydrogens (tertiary/aromatic N) is 1. The maximum Gasteiger partial charge on any atom is 0.135 e. The van der Waals surface area contributed by atoms with E-state index in [0.29, 0.717) is 17.8 Å². The van der Waals surface area contributed by atoms with E-state index in [4.69, 9.17) is 0 Å². The second-order valence-corrected chi connectivity index (χ2v) is 4.86. The van der Waals surface area contributed by atoms with Gasteiger partial charge in [-0.3, -0.25) is 4.99 Å². The molecule has 0 fully saturated rings. The van der Waals surface area contributed by atoms with Crippen LogP contribution < -0.4 is 0 Å². The minimum absolute atomic E-state index is 0.380. The van der Waals surface area contributed by atoms with Crippen molar-refractivity contribution in [2.24, 2.45) is 4.99 Å². The van der Waals surface area contributed by atoms with E-state index in [1.54, 1.807) is 11.3 Å². The predicted molar refractivity (Wildman–Crippen MR) is 64.9 cm³/mol. The van der Waals surface area contributed by atoms with Gasteiger partial charge in [0.2, 0.25) is 0 Å². The molecule has 0 radical (unpaired) electrons. The first-order valence-electron chi connectivity index (χ1n) is 5.32. The zero-order chi connectivity index (χ0) is 11.8. The number of benzene rings is 1. The van der Waals surface area contributed by atoms with Crippen LogP contribution in [-0.2, 0) is 6.42 Å². The molecular weight excluding hydrogens is 240 g/mol. The molecular formula is C13H9F2NS. The van der Waals surface area contributed by atoms with Crippen LogP contribution in [0.4, 0.5) is 8.78 Å². The zero-order valence-electron chi connectivity index (χ0n) is 8.91. The van der Waals surface area contributed by atoms with E-state index in [2.05, 4.69) is 4.99 Å². The van der Waals surface area contributed by atoms with Gasteiger partial charge in [-0.1, -0.05) is 0 Å². The smallest absolute Gasteiger partial charge is 0.135 e. The average molecular weight is 249 g/mol. The molecule has 1 aromatic carbocycles. The first-order valence-corrected chi connectivity index (χ1v) is 6.20. The Morgan fingerprint density at radius 2 is 2.00 bits per heavy atom. The van der Waals surface area contributed by atoms with Crippen LogP contribution in [-0.4, -0.2) is 12.3 Å². The Labute approximate surface area is 101 Å². The summed E-state index contributed by atoms with van der Waals surface area (Å²) in [6.07, 6.45) is 0.902. The zero-order valence-corrected chi connectivity index (χ0v) is 9.73. The van der Waals surface area contributed by atoms with Crippen LogP contribution in [0.15, 0.2) is 34.6 Å². The lowest BCUT2D eigenvalue weighted by Gasteiger charge is -2.13. The van der Waals surface area contributed by atoms with E-state index in [-0.39, 0.29) is 0 Å². The second kappa shape index (κ2) is 4.04. The van der Waals surface area contributed by atoms with Gasteiger partial charge in [0.15, 0.2) is 0 Å². The first kappa shape index (κ1) is 10.6. The quantitative estimate of drug-likeness (QED) is 0.734. The summed E-state index contributed by atoms with van der Waals surface area (Å²) in [5.74, 6) is -1.11. The topological polar surface area (TPSA) is 12.4 Å². The summed E-state index contributed by atoms with van der Waals surface area (Å²) < 4.78 is 26.6. The van der Waals surface area contributed by atoms with Crippen molar-refractivity contribution in [2.75, 3.05) is 6.54 Å². The molecule has 0 saturated carbocycles. The molecule has 0 N–H and O–H groups in total. The molecule has 0 spiro atoms. The largest absolute Gasteiger partial charge is 0.284 e. The van der Waals surface area contributed by atoms with Gasteiger partial charge in [-0.05, 0) is 23.6 Å². The fourth-order valence-electron chi connectivity index (χ4n) is 2.01. The molecule has 1 aliphatic heterocycles. The van der Waals surface area contributed by atoms with Crippen LogP contribution in [0.5, 0.6) is 0 Å². The lowest BCUT2D eigenvalue weighted by Crippen LogP contribution is -2.13. The van der Waals surface area contributed by atoms with Crippen molar-refractivity contribution >= 4 is 17.0 Å². The molecule has 0 atom stereocenters. The van der Waals surface area contributed by atoms with Crippen LogP contribution in [0.2, 0.25) is 0 Å². The Morgan fingerprint density at radius 1 is 1.12 bits per heavy atom. The number of fused-ring (bicyclic) bond motifs is 1. The molecule has 0 unspecified atom stereocenters. The summed E-state index contributed by atoms with van der Waals surface area (Å²) in [4.78, 5) is 5.59. The molecule has 3 rings (SSSR count). The fourth-order valence-corrected chi connectivity index (χ4v) is 2.88. The number of hydrogen-bond donors (Lipinski definition) is 0. The summed E-state index contributed by atoms with van der Waals surface area (Å²) in [6, 6.07) is 5.57. The number of aliphatic imine (C=N–C) groups is 1. The van der Waals surface area contributed by atoms with Crippen molar-refractivity contribution in [1.82, 2.24) is 0 Å². The molecule has 2 aromatic rings. The number of halogens is 2. The SMILES string of the molecule is Fc1ccc(C2=NCCc3sccc32)c(F)c1. The Kier molecular flexibility index (Phi) is 2.52. The molecule has 0 bridgehead atoms. The van der Waals surface area contributed by atoms with Crippen molar-refractivity contribution in [3.63, 3.8) is 0 Å². The maximum atomic E-state index is 13.7. The highest BCUT2D eigenvalue weighted by Crippen LogP contribution is 2.26. The summed E-state index contributed by atoms with van der Waals surface area (Å²) in [6.45, 7) is 0.666. The third kappa shape index (κ3) is 1.78. The normalized spacial score (nSPS) is 14.4. The molecule has 2 heterocycles. The molecule has 0 saturated heterocycles. The second-order valence-electron chi connectivity index (χ2n) is 3.86. The van der Waals surface area contributed by atoms with Crippen molar-refractivity contribution in [3.8, 4) is 0 Å². The molecule has 1 aromatic heterocycles. The lowest BCUT2D eigenvalue weighted by molar-refractivity contribution is 0.581. The van der Waals surface area contributed by atoms with Crippen LogP contribution in [0.3, 0.4) is 0 Å². The van der Waals surface area contributed by atoms with E-state index in [9.17, 15) is 8.78 Å². The Balaban J connectivity index is 2.14. The van der Waals surface area contributed by atoms with E-state index >= 15 is 0 Å². The standard InChI is InChI=1S/C13H9F2NS/c14-8-1-2-9(11(15)7-8)13-10-4-6-17-12(10)3-5-16-13/h1-2,4,6-7H,3,5H2. The molecule has 0 amide bonds. The van der Waals surface area contributed by atoms with Gasteiger partial charge in [0.05, 0.1) is 5.71 Å². The Hall–Kier alpha value is -1.55. The van der Waals surface area contributed by atoms with Crippen LogP contribution in [0.25, 0.3) is 0 Å². The summed E-state index contributed by atoms with van der Waals surface area (Å²) >= 11 is 1.66. The molecule has 17 heavy (non-hydrogen) atoms. The lowest BCUT2D eigenvalue weighted by atomic mass is 9.99. The highest BCUT2D eigenvalue weighted by molar-refractivity contribution is 7.10. The first-order chi connectivity index (χ1) is 8.25. The van der Waals surface area contributed by atoms with Gasteiger partial charge in [0.25, 0.3) is 0 Å². The monoisotopic (exact) mass is 249 g/mol. The average Bonchev–Trinajstić information content (AvgIpc) is 2.77. The minimum atomic E-state index is -0.562. The summed E-state index contributed by atoms with van der Waals surface area (Å²) in [5, 5.41) is 1.98. The highest BCUT2D eigenvalue weighted by Gasteiger charge is 2.19. The molecule has 1 nitrogen and oxygen atoms in total. The molecule has 86 valence electrons. The van der Waals surface area contributed by atoms with Gasteiger partial charge in [-0.2, -0.15) is 0 Å². The predicted octanol–water partition coefficient (Wildman–Crippen LogP) is 3.42. The van der Waals surface area contributed by atoms with E-state index < -0.39 is 11.6 Å². The summed E-state index contributed by atoms with van der Waals surface area (Å²) in [5.41, 5.74) is 2.00. The Bertz CT molecular complexity index is 601. The minimum Gasteiger partial charge on any atom is -0.284 e. The van der Waals surface area contributed by atoms with E-state index in [1.807, 2.05) is 11.4 Å². The van der Waals surface area contributed by atoms with E-state index in [0.717, 1.165) is 18.1 Å². The Morgan fingerprint density at radius 3 is 2.82 bits per heavy atom. The molecule has 1 aliphatic rings. The maximum absolute atomic E-state index is 13.7. The summed E-state index contributed by atoms with van der Waals surface area (Å²) in [7, 11) is 0. The van der Waals surface area contributed by atoms with Gasteiger partial charge in [-0.25, -0.2) is 8.78 Å². The van der Waals surface area contributed by atoms with Gasteiger partial charge in [-0.15, -0.1) is 11.3 Å². The van der Waals surface area contributed by atoms with E-state index in [1.165, 1.54) is 17.0 Å². The number of thiophene rings is 1. The number of rotatable bonds is 1. The fraction of sp³-hybridized carbons (Fsp3) is 0.154. The number of hydrogen-bond acceptors (Lipinski definition) is 2. The van der Waals surface area contributed by atoms with Gasteiger partial charge in [0, 0.05) is 35.0 Å². The van der Waals surface area contributed by atoms with Gasteiger partial charge < -0.3 is 0 Å². The van der Waals surface area contributed by atoms with Crippen molar-refractivity contribution < 1.29 is 8.78 Å². The van der Waals surface area contributed by atoms with Crippen molar-refractivity contribution in [3.05, 3.63) is 57.3 Å². The molecule has 0 aliphatic carbocycles. The van der Waals surface area contributed by atoms with Crippen LogP contribution in [0.1, 0.15) is 16.0 Å². The van der Waals surface area contributed by atoms with Gasteiger partial charge in [0.1, 0.15) is 11.6 Å².